The fourth-order valence-corrected chi connectivity index (χ4v) is 3.75. The molecular formula is C26H38O2. The molecule has 0 saturated carbocycles. The molecule has 0 unspecified atom stereocenters. The van der Waals surface area contributed by atoms with Crippen molar-refractivity contribution < 1.29 is 9.53 Å². The van der Waals surface area contributed by atoms with Crippen molar-refractivity contribution in [2.45, 2.75) is 96.8 Å². The zero-order valence-electron chi connectivity index (χ0n) is 17.8. The molecule has 0 aromatic heterocycles. The van der Waals surface area contributed by atoms with Gasteiger partial charge < -0.3 is 4.74 Å². The van der Waals surface area contributed by atoms with E-state index in [1.54, 1.807) is 0 Å². The van der Waals surface area contributed by atoms with Crippen molar-refractivity contribution in [3.8, 4) is 5.75 Å². The first-order chi connectivity index (χ1) is 13.8. The van der Waals surface area contributed by atoms with Crippen molar-refractivity contribution >= 4 is 16.7 Å². The number of carbonyl (C=O) groups is 1. The summed E-state index contributed by atoms with van der Waals surface area (Å²) in [7, 11) is 0. The first-order valence-electron chi connectivity index (χ1n) is 11.5. The second-order valence-corrected chi connectivity index (χ2v) is 7.94. The minimum atomic E-state index is -0.112. The van der Waals surface area contributed by atoms with E-state index < -0.39 is 0 Å². The summed E-state index contributed by atoms with van der Waals surface area (Å²) in [4.78, 5) is 12.1. The van der Waals surface area contributed by atoms with Crippen LogP contribution in [0, 0.1) is 0 Å². The van der Waals surface area contributed by atoms with Crippen molar-refractivity contribution in [2.24, 2.45) is 0 Å². The Morgan fingerprint density at radius 3 is 1.86 bits per heavy atom. The topological polar surface area (TPSA) is 26.3 Å². The van der Waals surface area contributed by atoms with E-state index in [0.717, 1.165) is 23.6 Å². The maximum atomic E-state index is 12.1. The van der Waals surface area contributed by atoms with Gasteiger partial charge in [0.1, 0.15) is 5.75 Å². The quantitative estimate of drug-likeness (QED) is 0.176. The number of rotatable bonds is 15. The van der Waals surface area contributed by atoms with Crippen molar-refractivity contribution in [2.75, 3.05) is 0 Å². The van der Waals surface area contributed by atoms with E-state index in [4.69, 9.17) is 4.74 Å². The minimum Gasteiger partial charge on any atom is -0.426 e. The summed E-state index contributed by atoms with van der Waals surface area (Å²) in [5.41, 5.74) is 0. The molecule has 2 heteroatoms. The van der Waals surface area contributed by atoms with Crippen LogP contribution in [0.3, 0.4) is 0 Å². The molecule has 0 aliphatic rings. The monoisotopic (exact) mass is 382 g/mol. The molecule has 0 heterocycles. The van der Waals surface area contributed by atoms with Crippen molar-refractivity contribution in [1.82, 2.24) is 0 Å². The third-order valence-electron chi connectivity index (χ3n) is 5.46. The van der Waals surface area contributed by atoms with Crippen LogP contribution in [0.2, 0.25) is 0 Å². The number of fused-ring (bicyclic) bond motifs is 1. The van der Waals surface area contributed by atoms with Gasteiger partial charge in [0.05, 0.1) is 0 Å². The Kier molecular flexibility index (Phi) is 11.4. The van der Waals surface area contributed by atoms with Crippen molar-refractivity contribution in [3.63, 3.8) is 0 Å². The lowest BCUT2D eigenvalue weighted by Crippen LogP contribution is -2.07. The normalized spacial score (nSPS) is 11.0. The summed E-state index contributed by atoms with van der Waals surface area (Å²) < 4.78 is 5.60. The summed E-state index contributed by atoms with van der Waals surface area (Å²) in [5.74, 6) is 0.567. The third kappa shape index (κ3) is 8.91. The Balaban J connectivity index is 1.47. The minimum absolute atomic E-state index is 0.112. The summed E-state index contributed by atoms with van der Waals surface area (Å²) in [6.07, 6.45) is 17.6. The molecule has 0 spiro atoms. The van der Waals surface area contributed by atoms with Gasteiger partial charge in [-0.15, -0.1) is 0 Å². The van der Waals surface area contributed by atoms with E-state index in [2.05, 4.69) is 6.92 Å². The van der Waals surface area contributed by atoms with Gasteiger partial charge in [-0.1, -0.05) is 120 Å². The lowest BCUT2D eigenvalue weighted by molar-refractivity contribution is -0.134. The smallest absolute Gasteiger partial charge is 0.311 e. The molecule has 2 nitrogen and oxygen atoms in total. The Hall–Kier alpha value is -1.83. The number of hydrogen-bond acceptors (Lipinski definition) is 2. The van der Waals surface area contributed by atoms with Crippen LogP contribution in [0.5, 0.6) is 5.75 Å². The lowest BCUT2D eigenvalue weighted by Gasteiger charge is -2.07. The average Bonchev–Trinajstić information content (AvgIpc) is 2.72. The molecule has 2 aromatic carbocycles. The van der Waals surface area contributed by atoms with Gasteiger partial charge in [-0.3, -0.25) is 4.79 Å². The summed E-state index contributed by atoms with van der Waals surface area (Å²) in [6, 6.07) is 13.9. The van der Waals surface area contributed by atoms with Gasteiger partial charge in [-0.25, -0.2) is 0 Å². The largest absolute Gasteiger partial charge is 0.426 e. The zero-order chi connectivity index (χ0) is 19.9. The predicted molar refractivity (Wildman–Crippen MR) is 120 cm³/mol. The van der Waals surface area contributed by atoms with Crippen LogP contribution in [-0.4, -0.2) is 5.97 Å². The van der Waals surface area contributed by atoms with E-state index in [9.17, 15) is 4.79 Å². The van der Waals surface area contributed by atoms with Gasteiger partial charge in [0, 0.05) is 11.8 Å². The molecule has 28 heavy (non-hydrogen) atoms. The van der Waals surface area contributed by atoms with Gasteiger partial charge in [0.25, 0.3) is 0 Å². The maximum Gasteiger partial charge on any atom is 0.311 e. The van der Waals surface area contributed by atoms with Crippen LogP contribution in [0.15, 0.2) is 42.5 Å². The van der Waals surface area contributed by atoms with E-state index in [-0.39, 0.29) is 5.97 Å². The number of hydrogen-bond donors (Lipinski definition) is 0. The van der Waals surface area contributed by atoms with Gasteiger partial charge >= 0.3 is 5.97 Å². The number of ether oxygens (including phenoxy) is 1. The molecule has 0 saturated heterocycles. The van der Waals surface area contributed by atoms with Crippen LogP contribution in [0.25, 0.3) is 10.8 Å². The maximum absolute atomic E-state index is 12.1. The van der Waals surface area contributed by atoms with Gasteiger partial charge in [0.15, 0.2) is 0 Å². The summed E-state index contributed by atoms with van der Waals surface area (Å²) in [6.45, 7) is 2.27. The van der Waals surface area contributed by atoms with Crippen LogP contribution in [0.1, 0.15) is 96.8 Å². The highest BCUT2D eigenvalue weighted by atomic mass is 16.5. The second-order valence-electron chi connectivity index (χ2n) is 7.94. The fourth-order valence-electron chi connectivity index (χ4n) is 3.75. The van der Waals surface area contributed by atoms with Gasteiger partial charge in [-0.2, -0.15) is 0 Å². The Morgan fingerprint density at radius 2 is 1.21 bits per heavy atom. The highest BCUT2D eigenvalue weighted by Gasteiger charge is 2.07. The number of carbonyl (C=O) groups excluding carboxylic acids is 1. The predicted octanol–water partition coefficient (Wildman–Crippen LogP) is 8.23. The molecule has 2 rings (SSSR count). The van der Waals surface area contributed by atoms with Crippen LogP contribution >= 0.6 is 0 Å². The molecular weight excluding hydrogens is 344 g/mol. The highest BCUT2D eigenvalue weighted by molar-refractivity contribution is 5.90. The first-order valence-corrected chi connectivity index (χ1v) is 11.5. The lowest BCUT2D eigenvalue weighted by atomic mass is 10.0. The first kappa shape index (κ1) is 22.5. The molecule has 0 N–H and O–H groups in total. The van der Waals surface area contributed by atoms with Crippen LogP contribution < -0.4 is 4.74 Å². The van der Waals surface area contributed by atoms with Crippen molar-refractivity contribution in [1.29, 1.82) is 0 Å². The second kappa shape index (κ2) is 14.2. The van der Waals surface area contributed by atoms with Crippen molar-refractivity contribution in [3.05, 3.63) is 42.5 Å². The van der Waals surface area contributed by atoms with Crippen LogP contribution in [-0.2, 0) is 4.79 Å². The number of unbranched alkanes of at least 4 members (excludes halogenated alkanes) is 12. The number of benzene rings is 2. The highest BCUT2D eigenvalue weighted by Crippen LogP contribution is 2.25. The molecule has 154 valence electrons. The molecule has 0 aliphatic heterocycles. The molecule has 2 aromatic rings. The van der Waals surface area contributed by atoms with E-state index in [1.165, 1.54) is 70.6 Å². The Bertz CT molecular complexity index is 672. The van der Waals surface area contributed by atoms with Crippen LogP contribution in [0.4, 0.5) is 0 Å². The molecule has 0 amide bonds. The van der Waals surface area contributed by atoms with E-state index in [1.807, 2.05) is 42.5 Å². The average molecular weight is 383 g/mol. The van der Waals surface area contributed by atoms with E-state index in [0.29, 0.717) is 12.2 Å². The Morgan fingerprint density at radius 1 is 0.679 bits per heavy atom. The molecule has 0 atom stereocenters. The molecule has 0 bridgehead atoms. The fraction of sp³-hybridized carbons (Fsp3) is 0.577. The Labute approximate surface area is 171 Å². The third-order valence-corrected chi connectivity index (χ3v) is 5.46. The zero-order valence-corrected chi connectivity index (χ0v) is 17.8. The molecule has 0 radical (unpaired) electrons. The number of esters is 1. The molecule has 0 aliphatic carbocycles. The molecule has 0 fully saturated rings. The standard InChI is InChI=1S/C26H38O2/c1-2-3-4-5-6-7-8-9-10-11-12-13-14-22-26(27)28-25-21-17-19-23-18-15-16-20-24(23)25/h15-21H,2-14,22H2,1H3. The van der Waals surface area contributed by atoms with Gasteiger partial charge in [0.2, 0.25) is 0 Å². The SMILES string of the molecule is CCCCCCCCCCCCCCCC(=O)Oc1cccc2ccccc12. The summed E-state index contributed by atoms with van der Waals surface area (Å²) >= 11 is 0. The van der Waals surface area contributed by atoms with Gasteiger partial charge in [-0.05, 0) is 17.9 Å². The summed E-state index contributed by atoms with van der Waals surface area (Å²) in [5, 5.41) is 2.11. The van der Waals surface area contributed by atoms with E-state index >= 15 is 0 Å².